The summed E-state index contributed by atoms with van der Waals surface area (Å²) in [7, 11) is -3.62. The smallest absolute Gasteiger partial charge is 0.242 e. The molecule has 5 rings (SSSR count). The van der Waals surface area contributed by atoms with Crippen LogP contribution < -0.4 is 4.72 Å². The molecule has 7 nitrogen and oxygen atoms in total. The fraction of sp³-hybridized carbons (Fsp3) is 0.435. The minimum absolute atomic E-state index is 0.139. The summed E-state index contributed by atoms with van der Waals surface area (Å²) in [6.07, 6.45) is 9.26. The Morgan fingerprint density at radius 3 is 2.55 bits per heavy atom. The van der Waals surface area contributed by atoms with Crippen LogP contribution in [0.15, 0.2) is 35.5 Å². The maximum atomic E-state index is 12.7. The average molecular weight is 436 g/mol. The van der Waals surface area contributed by atoms with Gasteiger partial charge in [-0.2, -0.15) is 5.26 Å². The molecule has 0 aromatic carbocycles. The van der Waals surface area contributed by atoms with Crippen LogP contribution in [0.5, 0.6) is 0 Å². The Bertz CT molecular complexity index is 1310. The zero-order valence-electron chi connectivity index (χ0n) is 17.7. The van der Waals surface area contributed by atoms with E-state index in [0.717, 1.165) is 60.8 Å². The highest BCUT2D eigenvalue weighted by molar-refractivity contribution is 7.89. The second-order valence-electron chi connectivity index (χ2n) is 9.07. The minimum Gasteiger partial charge on any atom is -0.320 e. The molecule has 2 saturated carbocycles. The summed E-state index contributed by atoms with van der Waals surface area (Å²) in [5.74, 6) is 0. The summed E-state index contributed by atoms with van der Waals surface area (Å²) in [4.78, 5) is 9.31. The van der Waals surface area contributed by atoms with E-state index in [1.807, 2.05) is 26.1 Å². The van der Waals surface area contributed by atoms with Crippen molar-refractivity contribution in [3.8, 4) is 17.5 Å². The van der Waals surface area contributed by atoms with Crippen LogP contribution in [0.1, 0.15) is 62.6 Å². The standard InChI is InChI=1S/C23H25N5O2S/c1-15-11-18-19(12-24)21(28(22(18)26-13-15)16-5-3-4-6-16)20-8-7-17(14-25-20)31(29,30)27-23(2)9-10-23/h7-8,11,13-14,16,27H,3-6,9-10H2,1-2H3. The first-order valence-electron chi connectivity index (χ1n) is 10.7. The molecule has 3 aromatic rings. The van der Waals surface area contributed by atoms with E-state index in [0.29, 0.717) is 11.3 Å². The van der Waals surface area contributed by atoms with Crippen LogP contribution in [0, 0.1) is 18.3 Å². The SMILES string of the molecule is Cc1cnc2c(c1)c(C#N)c(-c1ccc(S(=O)(=O)NC3(C)CC3)cn1)n2C1CCCC1. The van der Waals surface area contributed by atoms with Crippen molar-refractivity contribution in [2.75, 3.05) is 0 Å². The van der Waals surface area contributed by atoms with Gasteiger partial charge in [0.15, 0.2) is 0 Å². The molecule has 31 heavy (non-hydrogen) atoms. The number of nitriles is 1. The Hall–Kier alpha value is -2.76. The number of nitrogens with one attached hydrogen (secondary N) is 1. The molecule has 160 valence electrons. The van der Waals surface area contributed by atoms with E-state index in [4.69, 9.17) is 0 Å². The van der Waals surface area contributed by atoms with Crippen molar-refractivity contribution >= 4 is 21.1 Å². The summed E-state index contributed by atoms with van der Waals surface area (Å²) in [6.45, 7) is 3.87. The summed E-state index contributed by atoms with van der Waals surface area (Å²) in [6, 6.07) is 7.90. The molecular weight excluding hydrogens is 410 g/mol. The average Bonchev–Trinajstić information content (AvgIpc) is 3.15. The van der Waals surface area contributed by atoms with Gasteiger partial charge in [0.2, 0.25) is 10.0 Å². The highest BCUT2D eigenvalue weighted by Crippen LogP contribution is 2.40. The summed E-state index contributed by atoms with van der Waals surface area (Å²) >= 11 is 0. The molecule has 0 bridgehead atoms. The van der Waals surface area contributed by atoms with E-state index in [9.17, 15) is 13.7 Å². The molecule has 2 fully saturated rings. The van der Waals surface area contributed by atoms with E-state index in [2.05, 4.69) is 25.3 Å². The van der Waals surface area contributed by atoms with E-state index < -0.39 is 10.0 Å². The molecular formula is C23H25N5O2S. The van der Waals surface area contributed by atoms with Crippen LogP contribution in [-0.4, -0.2) is 28.5 Å². The Balaban J connectivity index is 1.64. The third-order valence-electron chi connectivity index (χ3n) is 6.45. The number of sulfonamides is 1. The molecule has 0 amide bonds. The molecule has 0 saturated heterocycles. The largest absolute Gasteiger partial charge is 0.320 e. The second-order valence-corrected chi connectivity index (χ2v) is 10.8. The number of hydrogen-bond donors (Lipinski definition) is 1. The number of fused-ring (bicyclic) bond motifs is 1. The third kappa shape index (κ3) is 3.52. The van der Waals surface area contributed by atoms with Gasteiger partial charge in [0.05, 0.1) is 17.0 Å². The van der Waals surface area contributed by atoms with Gasteiger partial charge < -0.3 is 4.57 Å². The van der Waals surface area contributed by atoms with E-state index in [1.54, 1.807) is 12.1 Å². The lowest BCUT2D eigenvalue weighted by atomic mass is 10.1. The first-order chi connectivity index (χ1) is 14.8. The number of nitrogens with zero attached hydrogens (tertiary/aromatic N) is 4. The molecule has 3 heterocycles. The van der Waals surface area contributed by atoms with Gasteiger partial charge in [-0.25, -0.2) is 18.1 Å². The Morgan fingerprint density at radius 2 is 1.94 bits per heavy atom. The monoisotopic (exact) mass is 435 g/mol. The van der Waals surface area contributed by atoms with E-state index in [1.165, 1.54) is 6.20 Å². The Kier molecular flexibility index (Phi) is 4.65. The highest BCUT2D eigenvalue weighted by Gasteiger charge is 2.41. The van der Waals surface area contributed by atoms with Crippen molar-refractivity contribution < 1.29 is 8.42 Å². The van der Waals surface area contributed by atoms with Gasteiger partial charge in [0, 0.05) is 29.4 Å². The van der Waals surface area contributed by atoms with Crippen LogP contribution in [0.25, 0.3) is 22.4 Å². The van der Waals surface area contributed by atoms with Gasteiger partial charge in [-0.1, -0.05) is 12.8 Å². The van der Waals surface area contributed by atoms with Crippen molar-refractivity contribution in [1.82, 2.24) is 19.3 Å². The first-order valence-corrected chi connectivity index (χ1v) is 12.2. The number of pyridine rings is 2. The Labute approximate surface area is 182 Å². The van der Waals surface area contributed by atoms with Gasteiger partial charge in [-0.15, -0.1) is 0 Å². The fourth-order valence-corrected chi connectivity index (χ4v) is 5.94. The maximum Gasteiger partial charge on any atom is 0.242 e. The van der Waals surface area contributed by atoms with Gasteiger partial charge in [0.1, 0.15) is 16.6 Å². The number of hydrogen-bond acceptors (Lipinski definition) is 5. The Morgan fingerprint density at radius 1 is 1.19 bits per heavy atom. The summed E-state index contributed by atoms with van der Waals surface area (Å²) < 4.78 is 30.3. The third-order valence-corrected chi connectivity index (χ3v) is 8.07. The molecule has 3 aromatic heterocycles. The quantitative estimate of drug-likeness (QED) is 0.646. The van der Waals surface area contributed by atoms with Crippen molar-refractivity contribution in [2.45, 2.75) is 68.8 Å². The predicted molar refractivity (Wildman–Crippen MR) is 118 cm³/mol. The molecule has 2 aliphatic rings. The van der Waals surface area contributed by atoms with Crippen molar-refractivity contribution in [3.05, 3.63) is 41.7 Å². The zero-order chi connectivity index (χ0) is 21.8. The van der Waals surface area contributed by atoms with E-state index in [-0.39, 0.29) is 16.5 Å². The molecule has 0 atom stereocenters. The maximum absolute atomic E-state index is 12.7. The van der Waals surface area contributed by atoms with Crippen LogP contribution in [-0.2, 0) is 10.0 Å². The zero-order valence-corrected chi connectivity index (χ0v) is 18.5. The highest BCUT2D eigenvalue weighted by atomic mass is 32.2. The van der Waals surface area contributed by atoms with Crippen molar-refractivity contribution in [3.63, 3.8) is 0 Å². The summed E-state index contributed by atoms with van der Waals surface area (Å²) in [5, 5.41) is 10.8. The van der Waals surface area contributed by atoms with Crippen LogP contribution in [0.2, 0.25) is 0 Å². The van der Waals surface area contributed by atoms with Gasteiger partial charge in [-0.3, -0.25) is 4.98 Å². The molecule has 0 radical (unpaired) electrons. The van der Waals surface area contributed by atoms with Crippen molar-refractivity contribution in [1.29, 1.82) is 5.26 Å². The number of rotatable bonds is 5. The topological polar surface area (TPSA) is 101 Å². The molecule has 1 N–H and O–H groups in total. The van der Waals surface area contributed by atoms with Crippen LogP contribution in [0.4, 0.5) is 0 Å². The second kappa shape index (κ2) is 7.14. The fourth-order valence-electron chi connectivity index (χ4n) is 4.53. The summed E-state index contributed by atoms with van der Waals surface area (Å²) in [5.41, 5.74) is 3.32. The first kappa shape index (κ1) is 20.2. The molecule has 8 heteroatoms. The normalized spacial score (nSPS) is 18.4. The molecule has 2 aliphatic carbocycles. The lowest BCUT2D eigenvalue weighted by Gasteiger charge is -2.17. The number of aryl methyl sites for hydroxylation is 1. The van der Waals surface area contributed by atoms with Crippen LogP contribution in [0.3, 0.4) is 0 Å². The molecule has 0 unspecified atom stereocenters. The minimum atomic E-state index is -3.62. The van der Waals surface area contributed by atoms with Crippen LogP contribution >= 0.6 is 0 Å². The lowest BCUT2D eigenvalue weighted by molar-refractivity contribution is 0.536. The number of aromatic nitrogens is 3. The van der Waals surface area contributed by atoms with E-state index >= 15 is 0 Å². The lowest BCUT2D eigenvalue weighted by Crippen LogP contribution is -2.34. The molecule has 0 aliphatic heterocycles. The predicted octanol–water partition coefficient (Wildman–Crippen LogP) is 4.22. The van der Waals surface area contributed by atoms with Crippen molar-refractivity contribution in [2.24, 2.45) is 0 Å². The van der Waals surface area contributed by atoms with Gasteiger partial charge >= 0.3 is 0 Å². The van der Waals surface area contributed by atoms with Gasteiger partial charge in [0.25, 0.3) is 0 Å². The van der Waals surface area contributed by atoms with Gasteiger partial charge in [-0.05, 0) is 63.3 Å². The molecule has 0 spiro atoms.